The quantitative estimate of drug-likeness (QED) is 0.715. The van der Waals surface area contributed by atoms with Crippen LogP contribution < -0.4 is 0 Å². The van der Waals surface area contributed by atoms with Crippen LogP contribution in [0.3, 0.4) is 0 Å². The monoisotopic (exact) mass is 408 g/mol. The van der Waals surface area contributed by atoms with Gasteiger partial charge in [-0.2, -0.15) is 13.2 Å². The highest BCUT2D eigenvalue weighted by atomic mass is 19.4. The Bertz CT molecular complexity index is 554. The molecule has 6 nitrogen and oxygen atoms in total. The number of amides is 2. The Morgan fingerprint density at radius 1 is 1.00 bits per heavy atom. The first-order valence-electron chi connectivity index (χ1n) is 9.81. The second-order valence-electron chi connectivity index (χ2n) is 8.71. The second-order valence-corrected chi connectivity index (χ2v) is 8.71. The number of carbonyl (C=O) groups is 2. The molecule has 0 aromatic carbocycles. The first-order chi connectivity index (χ1) is 12.9. The van der Waals surface area contributed by atoms with E-state index in [0.29, 0.717) is 38.0 Å². The predicted molar refractivity (Wildman–Crippen MR) is 96.7 cm³/mol. The van der Waals surface area contributed by atoms with Gasteiger partial charge in [0.2, 0.25) is 0 Å². The average Bonchev–Trinajstić information content (AvgIpc) is 3.07. The number of halogens is 3. The van der Waals surface area contributed by atoms with Gasteiger partial charge in [-0.15, -0.1) is 0 Å². The maximum Gasteiger partial charge on any atom is 0.411 e. The van der Waals surface area contributed by atoms with Gasteiger partial charge < -0.3 is 19.3 Å². The number of hydrogen-bond donors (Lipinski definition) is 0. The first kappa shape index (κ1) is 22.8. The Hall–Kier alpha value is -1.51. The van der Waals surface area contributed by atoms with Crippen molar-refractivity contribution in [2.75, 3.05) is 32.8 Å². The van der Waals surface area contributed by atoms with Gasteiger partial charge in [0.05, 0.1) is 0 Å². The van der Waals surface area contributed by atoms with Gasteiger partial charge in [-0.25, -0.2) is 4.79 Å². The largest absolute Gasteiger partial charge is 0.444 e. The number of alkyl halides is 3. The van der Waals surface area contributed by atoms with Crippen molar-refractivity contribution < 1.29 is 32.2 Å². The molecule has 0 N–H and O–H groups in total. The zero-order valence-electron chi connectivity index (χ0n) is 17.1. The lowest BCUT2D eigenvalue weighted by atomic mass is 9.83. The van der Waals surface area contributed by atoms with Gasteiger partial charge in [-0.05, 0) is 58.8 Å². The van der Waals surface area contributed by atoms with Crippen molar-refractivity contribution >= 4 is 12.0 Å². The van der Waals surface area contributed by atoms with Crippen LogP contribution in [0.15, 0.2) is 0 Å². The molecule has 2 aliphatic rings. The van der Waals surface area contributed by atoms with E-state index in [2.05, 4.69) is 4.74 Å². The van der Waals surface area contributed by atoms with Crippen LogP contribution >= 0.6 is 0 Å². The van der Waals surface area contributed by atoms with Gasteiger partial charge in [0.15, 0.2) is 0 Å². The summed E-state index contributed by atoms with van der Waals surface area (Å²) in [4.78, 5) is 27.8. The number of carbonyl (C=O) groups excluding carboxylic acids is 2. The predicted octanol–water partition coefficient (Wildman–Crippen LogP) is 3.45. The maximum absolute atomic E-state index is 12.3. The maximum atomic E-state index is 12.3. The molecule has 0 aromatic rings. The van der Waals surface area contributed by atoms with E-state index in [1.54, 1.807) is 9.80 Å². The Morgan fingerprint density at radius 2 is 1.54 bits per heavy atom. The highest BCUT2D eigenvalue weighted by molar-refractivity contribution is 5.80. The molecule has 0 spiro atoms. The molecule has 2 aliphatic heterocycles. The van der Waals surface area contributed by atoms with Crippen molar-refractivity contribution in [1.82, 2.24) is 9.80 Å². The summed E-state index contributed by atoms with van der Waals surface area (Å²) in [6, 6.07) is 0. The van der Waals surface area contributed by atoms with E-state index in [1.807, 2.05) is 20.8 Å². The standard InChI is InChI=1S/C19H31F3N2O4/c1-13(27-12-19(20,21)22)16(25)23-8-5-14(6-9-23)15-7-10-24(11-15)17(26)28-18(2,3)4/h13-15H,5-12H2,1-4H3. The van der Waals surface area contributed by atoms with Gasteiger partial charge in [0.1, 0.15) is 18.3 Å². The first-order valence-corrected chi connectivity index (χ1v) is 9.81. The number of rotatable bonds is 4. The normalized spacial score (nSPS) is 23.0. The summed E-state index contributed by atoms with van der Waals surface area (Å²) in [5, 5.41) is 0. The summed E-state index contributed by atoms with van der Waals surface area (Å²) in [7, 11) is 0. The lowest BCUT2D eigenvalue weighted by molar-refractivity contribution is -0.188. The van der Waals surface area contributed by atoms with Crippen LogP contribution in [-0.2, 0) is 14.3 Å². The molecule has 2 unspecified atom stereocenters. The van der Waals surface area contributed by atoms with Crippen LogP contribution in [0, 0.1) is 11.8 Å². The number of hydrogen-bond acceptors (Lipinski definition) is 4. The molecule has 2 fully saturated rings. The molecule has 2 heterocycles. The summed E-state index contributed by atoms with van der Waals surface area (Å²) in [5.41, 5.74) is -0.522. The number of likely N-dealkylation sites (tertiary alicyclic amines) is 2. The van der Waals surface area contributed by atoms with Crippen LogP contribution in [0.25, 0.3) is 0 Å². The molecule has 9 heteroatoms. The minimum absolute atomic E-state index is 0.293. The molecular weight excluding hydrogens is 377 g/mol. The van der Waals surface area contributed by atoms with Crippen LogP contribution in [0.2, 0.25) is 0 Å². The van der Waals surface area contributed by atoms with Crippen molar-refractivity contribution in [2.45, 2.75) is 64.8 Å². The Labute approximate surface area is 164 Å². The topological polar surface area (TPSA) is 59.1 Å². The van der Waals surface area contributed by atoms with Crippen LogP contribution in [0.5, 0.6) is 0 Å². The van der Waals surface area contributed by atoms with Gasteiger partial charge in [-0.3, -0.25) is 4.79 Å². The minimum atomic E-state index is -4.44. The van der Waals surface area contributed by atoms with E-state index >= 15 is 0 Å². The van der Waals surface area contributed by atoms with E-state index in [9.17, 15) is 22.8 Å². The fourth-order valence-corrected chi connectivity index (χ4v) is 3.80. The summed E-state index contributed by atoms with van der Waals surface area (Å²) in [5.74, 6) is 0.357. The van der Waals surface area contributed by atoms with Gasteiger partial charge in [0, 0.05) is 26.2 Å². The number of piperidine rings is 1. The minimum Gasteiger partial charge on any atom is -0.444 e. The summed E-state index contributed by atoms with van der Waals surface area (Å²) >= 11 is 0. The van der Waals surface area contributed by atoms with Crippen LogP contribution in [0.4, 0.5) is 18.0 Å². The van der Waals surface area contributed by atoms with Gasteiger partial charge in [0.25, 0.3) is 5.91 Å². The van der Waals surface area contributed by atoms with Crippen LogP contribution in [0.1, 0.15) is 47.0 Å². The van der Waals surface area contributed by atoms with Crippen molar-refractivity contribution in [3.8, 4) is 0 Å². The van der Waals surface area contributed by atoms with Crippen molar-refractivity contribution in [3.05, 3.63) is 0 Å². The van der Waals surface area contributed by atoms with E-state index in [1.165, 1.54) is 6.92 Å². The summed E-state index contributed by atoms with van der Waals surface area (Å²) in [6.45, 7) is 7.78. The van der Waals surface area contributed by atoms with Gasteiger partial charge in [-0.1, -0.05) is 0 Å². The molecule has 2 rings (SSSR count). The molecular formula is C19H31F3N2O4. The van der Waals surface area contributed by atoms with Crippen LogP contribution in [-0.4, -0.2) is 72.5 Å². The van der Waals surface area contributed by atoms with E-state index < -0.39 is 30.4 Å². The highest BCUT2D eigenvalue weighted by Gasteiger charge is 2.37. The van der Waals surface area contributed by atoms with Crippen molar-refractivity contribution in [2.24, 2.45) is 11.8 Å². The third-order valence-electron chi connectivity index (χ3n) is 5.24. The second kappa shape index (κ2) is 8.88. The summed E-state index contributed by atoms with van der Waals surface area (Å²) in [6.07, 6.45) is -3.37. The third-order valence-corrected chi connectivity index (χ3v) is 5.24. The SMILES string of the molecule is CC(OCC(F)(F)F)C(=O)N1CCC(C2CCN(C(=O)OC(C)(C)C)C2)CC1. The fraction of sp³-hybridized carbons (Fsp3) is 0.895. The lowest BCUT2D eigenvalue weighted by Crippen LogP contribution is -2.45. The lowest BCUT2D eigenvalue weighted by Gasteiger charge is -2.36. The Morgan fingerprint density at radius 3 is 2.07 bits per heavy atom. The number of nitrogens with zero attached hydrogens (tertiary/aromatic N) is 2. The van der Waals surface area contributed by atoms with E-state index in [-0.39, 0.29) is 6.09 Å². The molecule has 0 saturated carbocycles. The molecule has 2 amide bonds. The molecule has 28 heavy (non-hydrogen) atoms. The molecule has 0 aromatic heterocycles. The zero-order valence-corrected chi connectivity index (χ0v) is 17.1. The summed E-state index contributed by atoms with van der Waals surface area (Å²) < 4.78 is 46.8. The molecule has 2 saturated heterocycles. The molecule has 0 radical (unpaired) electrons. The smallest absolute Gasteiger partial charge is 0.411 e. The fourth-order valence-electron chi connectivity index (χ4n) is 3.80. The highest BCUT2D eigenvalue weighted by Crippen LogP contribution is 2.32. The average molecular weight is 408 g/mol. The molecule has 162 valence electrons. The zero-order chi connectivity index (χ0) is 21.1. The van der Waals surface area contributed by atoms with Gasteiger partial charge >= 0.3 is 12.3 Å². The van der Waals surface area contributed by atoms with Crippen molar-refractivity contribution in [3.63, 3.8) is 0 Å². The van der Waals surface area contributed by atoms with Crippen molar-refractivity contribution in [1.29, 1.82) is 0 Å². The molecule has 2 atom stereocenters. The Kier molecular flexibility index (Phi) is 7.22. The number of ether oxygens (including phenoxy) is 2. The Balaban J connectivity index is 1.76. The van der Waals surface area contributed by atoms with E-state index in [0.717, 1.165) is 19.3 Å². The van der Waals surface area contributed by atoms with E-state index in [4.69, 9.17) is 4.74 Å². The molecule has 0 aliphatic carbocycles. The third kappa shape index (κ3) is 6.83. The molecule has 0 bridgehead atoms.